The van der Waals surface area contributed by atoms with Crippen molar-refractivity contribution in [2.75, 3.05) is 0 Å². The Hall–Kier alpha value is -2.49. The summed E-state index contributed by atoms with van der Waals surface area (Å²) < 4.78 is 0. The Balaban J connectivity index is 2.01. The largest absolute Gasteiger partial charge is 0.343 e. The maximum Gasteiger partial charge on any atom is 0.284 e. The Morgan fingerprint density at radius 2 is 1.18 bits per heavy atom. The fraction of sp³-hybridized carbons (Fsp3) is 0. The summed E-state index contributed by atoms with van der Waals surface area (Å²) in [6.45, 7) is 0. The molecule has 0 N–H and O–H groups in total. The average Bonchev–Trinajstić information content (AvgIpc) is 2.40. The minimum atomic E-state index is 0.458. The standard InChI is InChI=1S/C13H11NO3/c15-11-14(16-12-7-3-1-4-8-12)17-13-9-5-2-6-10-13/h1-11H. The molecule has 2 aromatic rings. The van der Waals surface area contributed by atoms with Crippen LogP contribution in [0.2, 0.25) is 0 Å². The Bertz CT molecular complexity index is 417. The van der Waals surface area contributed by atoms with Crippen LogP contribution in [0.15, 0.2) is 60.7 Å². The molecule has 0 fully saturated rings. The molecule has 4 nitrogen and oxygen atoms in total. The second-order valence-corrected chi connectivity index (χ2v) is 3.20. The van der Waals surface area contributed by atoms with Crippen molar-refractivity contribution in [1.29, 1.82) is 0 Å². The van der Waals surface area contributed by atoms with Crippen LogP contribution in [0.5, 0.6) is 11.5 Å². The number of hydroxylamine groups is 2. The van der Waals surface area contributed by atoms with Crippen LogP contribution in [0.3, 0.4) is 0 Å². The number of carbonyl (C=O) groups excluding carboxylic acids is 1. The smallest absolute Gasteiger partial charge is 0.284 e. The lowest BCUT2D eigenvalue weighted by Gasteiger charge is -2.16. The van der Waals surface area contributed by atoms with Gasteiger partial charge in [0.15, 0.2) is 11.5 Å². The van der Waals surface area contributed by atoms with Crippen LogP contribution in [0, 0.1) is 0 Å². The molecule has 17 heavy (non-hydrogen) atoms. The van der Waals surface area contributed by atoms with Gasteiger partial charge in [-0.15, -0.1) is 0 Å². The fourth-order valence-corrected chi connectivity index (χ4v) is 1.23. The van der Waals surface area contributed by atoms with E-state index in [9.17, 15) is 4.79 Å². The Morgan fingerprint density at radius 1 is 0.765 bits per heavy atom. The van der Waals surface area contributed by atoms with Gasteiger partial charge in [-0.2, -0.15) is 0 Å². The molecule has 2 aromatic carbocycles. The van der Waals surface area contributed by atoms with Gasteiger partial charge in [-0.05, 0) is 24.3 Å². The zero-order valence-corrected chi connectivity index (χ0v) is 9.02. The van der Waals surface area contributed by atoms with Gasteiger partial charge in [0.1, 0.15) is 0 Å². The lowest BCUT2D eigenvalue weighted by Crippen LogP contribution is -2.29. The van der Waals surface area contributed by atoms with Gasteiger partial charge in [-0.1, -0.05) is 36.4 Å². The summed E-state index contributed by atoms with van der Waals surface area (Å²) in [4.78, 5) is 21.2. The number of benzene rings is 2. The zero-order chi connectivity index (χ0) is 11.9. The SMILES string of the molecule is O=CN(Oc1ccccc1)Oc1ccccc1. The third-order valence-electron chi connectivity index (χ3n) is 1.96. The Labute approximate surface area is 98.9 Å². The zero-order valence-electron chi connectivity index (χ0n) is 9.02. The number of rotatable bonds is 5. The molecule has 0 aliphatic rings. The third-order valence-corrected chi connectivity index (χ3v) is 1.96. The van der Waals surface area contributed by atoms with Crippen molar-refractivity contribution in [3.63, 3.8) is 0 Å². The predicted molar refractivity (Wildman–Crippen MR) is 62.0 cm³/mol. The number of para-hydroxylation sites is 2. The molecule has 0 unspecified atom stereocenters. The highest BCUT2D eigenvalue weighted by Crippen LogP contribution is 2.13. The van der Waals surface area contributed by atoms with Crippen molar-refractivity contribution in [3.8, 4) is 11.5 Å². The van der Waals surface area contributed by atoms with Crippen molar-refractivity contribution in [3.05, 3.63) is 60.7 Å². The number of nitrogens with zero attached hydrogens (tertiary/aromatic N) is 1. The minimum absolute atomic E-state index is 0.458. The second-order valence-electron chi connectivity index (χ2n) is 3.20. The quantitative estimate of drug-likeness (QED) is 0.584. The van der Waals surface area contributed by atoms with Crippen LogP contribution in [-0.4, -0.2) is 11.6 Å². The molecular formula is C13H11NO3. The molecule has 4 heteroatoms. The van der Waals surface area contributed by atoms with E-state index in [1.54, 1.807) is 48.5 Å². The van der Waals surface area contributed by atoms with Crippen LogP contribution < -0.4 is 9.68 Å². The first kappa shape index (κ1) is 11.0. The van der Waals surface area contributed by atoms with E-state index >= 15 is 0 Å². The highest BCUT2D eigenvalue weighted by Gasteiger charge is 2.05. The van der Waals surface area contributed by atoms with Crippen LogP contribution in [-0.2, 0) is 4.79 Å². The fourth-order valence-electron chi connectivity index (χ4n) is 1.23. The van der Waals surface area contributed by atoms with Gasteiger partial charge in [-0.25, -0.2) is 0 Å². The first-order valence-electron chi connectivity index (χ1n) is 5.09. The molecule has 0 saturated carbocycles. The molecule has 0 spiro atoms. The van der Waals surface area contributed by atoms with E-state index in [1.807, 2.05) is 12.1 Å². The molecule has 0 aromatic heterocycles. The molecule has 86 valence electrons. The summed E-state index contributed by atoms with van der Waals surface area (Å²) in [5.41, 5.74) is 0. The average molecular weight is 229 g/mol. The van der Waals surface area contributed by atoms with Gasteiger partial charge >= 0.3 is 0 Å². The van der Waals surface area contributed by atoms with Gasteiger partial charge in [0, 0.05) is 5.23 Å². The molecule has 0 atom stereocenters. The monoisotopic (exact) mass is 229 g/mol. The highest BCUT2D eigenvalue weighted by molar-refractivity contribution is 5.44. The van der Waals surface area contributed by atoms with Crippen molar-refractivity contribution in [2.45, 2.75) is 0 Å². The van der Waals surface area contributed by atoms with E-state index in [4.69, 9.17) is 9.68 Å². The van der Waals surface area contributed by atoms with E-state index in [0.717, 1.165) is 5.23 Å². The normalized spacial score (nSPS) is 9.41. The van der Waals surface area contributed by atoms with Crippen LogP contribution >= 0.6 is 0 Å². The molecule has 0 aliphatic carbocycles. The molecule has 1 amide bonds. The van der Waals surface area contributed by atoms with Crippen molar-refractivity contribution >= 4 is 6.41 Å². The lowest BCUT2D eigenvalue weighted by molar-refractivity contribution is -0.232. The molecule has 0 bridgehead atoms. The lowest BCUT2D eigenvalue weighted by atomic mass is 10.3. The maximum atomic E-state index is 10.8. The molecule has 0 saturated heterocycles. The van der Waals surface area contributed by atoms with E-state index in [-0.39, 0.29) is 0 Å². The van der Waals surface area contributed by atoms with E-state index in [1.165, 1.54) is 0 Å². The maximum absolute atomic E-state index is 10.8. The van der Waals surface area contributed by atoms with Gasteiger partial charge in [0.25, 0.3) is 6.41 Å². The van der Waals surface area contributed by atoms with Gasteiger partial charge in [-0.3, -0.25) is 4.79 Å². The van der Waals surface area contributed by atoms with Crippen LogP contribution in [0.4, 0.5) is 0 Å². The van der Waals surface area contributed by atoms with Crippen molar-refractivity contribution in [1.82, 2.24) is 5.23 Å². The Morgan fingerprint density at radius 3 is 1.53 bits per heavy atom. The van der Waals surface area contributed by atoms with Crippen LogP contribution in [0.1, 0.15) is 0 Å². The molecule has 0 aliphatic heterocycles. The number of hydrogen-bond acceptors (Lipinski definition) is 3. The van der Waals surface area contributed by atoms with Crippen LogP contribution in [0.25, 0.3) is 0 Å². The molecule has 2 rings (SSSR count). The van der Waals surface area contributed by atoms with E-state index in [2.05, 4.69) is 0 Å². The third kappa shape index (κ3) is 3.24. The molecule has 0 heterocycles. The summed E-state index contributed by atoms with van der Waals surface area (Å²) in [5, 5.41) is 0.769. The molecule has 0 radical (unpaired) electrons. The first-order valence-corrected chi connectivity index (χ1v) is 5.09. The summed E-state index contributed by atoms with van der Waals surface area (Å²) in [6.07, 6.45) is 0.458. The van der Waals surface area contributed by atoms with Crippen molar-refractivity contribution < 1.29 is 14.5 Å². The van der Waals surface area contributed by atoms with E-state index in [0.29, 0.717) is 17.9 Å². The van der Waals surface area contributed by atoms with Crippen molar-refractivity contribution in [2.24, 2.45) is 0 Å². The Kier molecular flexibility index (Phi) is 3.60. The predicted octanol–water partition coefficient (Wildman–Crippen LogP) is 2.43. The van der Waals surface area contributed by atoms with Gasteiger partial charge in [0.2, 0.25) is 0 Å². The number of amides is 1. The topological polar surface area (TPSA) is 38.8 Å². The number of carbonyl (C=O) groups is 1. The summed E-state index contributed by atoms with van der Waals surface area (Å²) in [5.74, 6) is 1.05. The second kappa shape index (κ2) is 5.55. The van der Waals surface area contributed by atoms with Gasteiger partial charge in [0.05, 0.1) is 0 Å². The summed E-state index contributed by atoms with van der Waals surface area (Å²) >= 11 is 0. The minimum Gasteiger partial charge on any atom is -0.343 e. The molecular weight excluding hydrogens is 218 g/mol. The number of hydrogen-bond donors (Lipinski definition) is 0. The highest BCUT2D eigenvalue weighted by atomic mass is 17.0. The first-order chi connectivity index (χ1) is 8.38. The van der Waals surface area contributed by atoms with E-state index < -0.39 is 0 Å². The van der Waals surface area contributed by atoms with Gasteiger partial charge < -0.3 is 9.68 Å². The summed E-state index contributed by atoms with van der Waals surface area (Å²) in [6, 6.07) is 17.8. The summed E-state index contributed by atoms with van der Waals surface area (Å²) in [7, 11) is 0.